The van der Waals surface area contributed by atoms with E-state index in [1.807, 2.05) is 0 Å². The fourth-order valence-electron chi connectivity index (χ4n) is 3.92. The molecule has 0 saturated heterocycles. The number of carbonyl (C=O) groups excluding carboxylic acids is 2. The molecule has 1 aromatic carbocycles. The van der Waals surface area contributed by atoms with Gasteiger partial charge in [0.05, 0.1) is 17.2 Å². The predicted molar refractivity (Wildman–Crippen MR) is 110 cm³/mol. The van der Waals surface area contributed by atoms with Gasteiger partial charge in [-0.15, -0.1) is 13.2 Å². The van der Waals surface area contributed by atoms with Gasteiger partial charge in [0.2, 0.25) is 0 Å². The third-order valence-corrected chi connectivity index (χ3v) is 5.53. The van der Waals surface area contributed by atoms with Gasteiger partial charge in [-0.2, -0.15) is 5.10 Å². The summed E-state index contributed by atoms with van der Waals surface area (Å²) in [5.41, 5.74) is 0.858. The largest absolute Gasteiger partial charge is 0.573 e. The summed E-state index contributed by atoms with van der Waals surface area (Å²) in [6, 6.07) is 7.44. The van der Waals surface area contributed by atoms with Gasteiger partial charge < -0.3 is 14.8 Å². The molecule has 7 nitrogen and oxygen atoms in total. The number of nitrogens with one attached hydrogen (secondary N) is 1. The second-order valence-corrected chi connectivity index (χ2v) is 7.89. The Balaban J connectivity index is 1.66. The molecule has 1 aliphatic carbocycles. The molecule has 0 unspecified atom stereocenters. The number of aldehydes is 1. The maximum Gasteiger partial charge on any atom is 0.573 e. The molecule has 0 radical (unpaired) electrons. The van der Waals surface area contributed by atoms with Gasteiger partial charge in [0.1, 0.15) is 12.0 Å². The van der Waals surface area contributed by atoms with E-state index in [0.717, 1.165) is 38.0 Å². The van der Waals surface area contributed by atoms with Gasteiger partial charge >= 0.3 is 6.36 Å². The summed E-state index contributed by atoms with van der Waals surface area (Å²) in [7, 11) is 0. The number of nitrogens with zero attached hydrogens (tertiary/aromatic N) is 3. The van der Waals surface area contributed by atoms with Crippen molar-refractivity contribution in [2.45, 2.75) is 45.0 Å². The van der Waals surface area contributed by atoms with Crippen LogP contribution in [-0.4, -0.2) is 33.3 Å². The molecule has 1 N–H and O–H groups in total. The SMILES string of the molecule is Cc1cccc(C(=O)Nc2cc3cn(C4CCC(C=O)CC4)nc3cc2OC(F)(F)F)n1. The second kappa shape index (κ2) is 8.60. The van der Waals surface area contributed by atoms with E-state index in [1.165, 1.54) is 12.1 Å². The number of ether oxygens (including phenoxy) is 1. The van der Waals surface area contributed by atoms with Crippen molar-refractivity contribution in [3.05, 3.63) is 47.9 Å². The Kier molecular flexibility index (Phi) is 5.86. The Bertz CT molecular complexity index is 1150. The van der Waals surface area contributed by atoms with Gasteiger partial charge in [-0.05, 0) is 50.8 Å². The minimum absolute atomic E-state index is 0.0417. The zero-order chi connectivity index (χ0) is 22.9. The van der Waals surface area contributed by atoms with E-state index in [2.05, 4.69) is 20.1 Å². The maximum atomic E-state index is 13.0. The number of rotatable bonds is 5. The first-order chi connectivity index (χ1) is 15.2. The van der Waals surface area contributed by atoms with Gasteiger partial charge in [-0.25, -0.2) is 4.98 Å². The number of aryl methyl sites for hydroxylation is 1. The van der Waals surface area contributed by atoms with Crippen LogP contribution in [0.4, 0.5) is 18.9 Å². The molecule has 2 heterocycles. The molecule has 10 heteroatoms. The topological polar surface area (TPSA) is 86.1 Å². The molecule has 1 fully saturated rings. The van der Waals surface area contributed by atoms with Crippen molar-refractivity contribution in [2.75, 3.05) is 5.32 Å². The molecule has 2 aromatic heterocycles. The fraction of sp³-hybridized carbons (Fsp3) is 0.364. The van der Waals surface area contributed by atoms with Gasteiger partial charge in [-0.3, -0.25) is 9.48 Å². The van der Waals surface area contributed by atoms with E-state index in [9.17, 15) is 22.8 Å². The molecule has 1 saturated carbocycles. The van der Waals surface area contributed by atoms with Gasteiger partial charge in [0.15, 0.2) is 5.75 Å². The zero-order valence-corrected chi connectivity index (χ0v) is 17.2. The minimum Gasteiger partial charge on any atom is -0.403 e. The molecular weight excluding hydrogens is 425 g/mol. The van der Waals surface area contributed by atoms with Crippen LogP contribution in [0.3, 0.4) is 0 Å². The highest BCUT2D eigenvalue weighted by Crippen LogP contribution is 2.36. The first-order valence-electron chi connectivity index (χ1n) is 10.2. The molecule has 1 aliphatic rings. The van der Waals surface area contributed by atoms with Crippen molar-refractivity contribution in [3.8, 4) is 5.75 Å². The van der Waals surface area contributed by atoms with E-state index in [0.29, 0.717) is 16.6 Å². The lowest BCUT2D eigenvalue weighted by Crippen LogP contribution is -2.20. The van der Waals surface area contributed by atoms with Crippen LogP contribution in [0.2, 0.25) is 0 Å². The van der Waals surface area contributed by atoms with Gasteiger partial charge in [0, 0.05) is 29.3 Å². The number of anilines is 1. The second-order valence-electron chi connectivity index (χ2n) is 7.89. The lowest BCUT2D eigenvalue weighted by molar-refractivity contribution is -0.274. The summed E-state index contributed by atoms with van der Waals surface area (Å²) in [5, 5.41) is 7.45. The normalized spacial score (nSPS) is 19.0. The lowest BCUT2D eigenvalue weighted by Gasteiger charge is -2.25. The van der Waals surface area contributed by atoms with Crippen molar-refractivity contribution in [3.63, 3.8) is 0 Å². The van der Waals surface area contributed by atoms with Crippen molar-refractivity contribution in [1.29, 1.82) is 0 Å². The quantitative estimate of drug-likeness (QED) is 0.568. The fourth-order valence-corrected chi connectivity index (χ4v) is 3.92. The van der Waals surface area contributed by atoms with Gasteiger partial charge in [-0.1, -0.05) is 6.07 Å². The molecular formula is C22H21F3N4O3. The number of amides is 1. The van der Waals surface area contributed by atoms with Crippen LogP contribution < -0.4 is 10.1 Å². The highest BCUT2D eigenvalue weighted by molar-refractivity contribution is 6.05. The molecule has 32 heavy (non-hydrogen) atoms. The number of carbonyl (C=O) groups is 2. The Morgan fingerprint density at radius 3 is 2.62 bits per heavy atom. The lowest BCUT2D eigenvalue weighted by atomic mass is 9.87. The summed E-state index contributed by atoms with van der Waals surface area (Å²) in [6.45, 7) is 1.71. The van der Waals surface area contributed by atoms with Crippen LogP contribution in [0.15, 0.2) is 36.5 Å². The highest BCUT2D eigenvalue weighted by atomic mass is 19.4. The van der Waals surface area contributed by atoms with Crippen LogP contribution in [0.25, 0.3) is 10.9 Å². The summed E-state index contributed by atoms with van der Waals surface area (Å²) in [5.74, 6) is -1.17. The Hall–Kier alpha value is -3.43. The number of fused-ring (bicyclic) bond motifs is 1. The molecule has 0 bridgehead atoms. The van der Waals surface area contributed by atoms with Crippen LogP contribution in [0.1, 0.15) is 47.9 Å². The average Bonchev–Trinajstić information content (AvgIpc) is 3.15. The molecule has 168 valence electrons. The van der Waals surface area contributed by atoms with E-state index >= 15 is 0 Å². The number of halogens is 3. The van der Waals surface area contributed by atoms with Crippen molar-refractivity contribution < 1.29 is 27.5 Å². The third kappa shape index (κ3) is 4.90. The zero-order valence-electron chi connectivity index (χ0n) is 17.2. The number of alkyl halides is 3. The van der Waals surface area contributed by atoms with Crippen molar-refractivity contribution in [2.24, 2.45) is 5.92 Å². The Morgan fingerprint density at radius 2 is 1.97 bits per heavy atom. The van der Waals surface area contributed by atoms with E-state index in [4.69, 9.17) is 0 Å². The van der Waals surface area contributed by atoms with E-state index < -0.39 is 18.0 Å². The first kappa shape index (κ1) is 21.8. The van der Waals surface area contributed by atoms with Crippen molar-refractivity contribution >= 4 is 28.8 Å². The van der Waals surface area contributed by atoms with E-state index in [-0.39, 0.29) is 23.3 Å². The summed E-state index contributed by atoms with van der Waals surface area (Å²) < 4.78 is 44.9. The maximum absolute atomic E-state index is 13.0. The molecule has 1 amide bonds. The van der Waals surface area contributed by atoms with Crippen LogP contribution in [0.5, 0.6) is 5.75 Å². The molecule has 3 aromatic rings. The van der Waals surface area contributed by atoms with Crippen molar-refractivity contribution in [1.82, 2.24) is 14.8 Å². The number of benzene rings is 1. The van der Waals surface area contributed by atoms with Gasteiger partial charge in [0.25, 0.3) is 5.91 Å². The summed E-state index contributed by atoms with van der Waals surface area (Å²) in [4.78, 5) is 27.6. The number of hydrogen-bond acceptors (Lipinski definition) is 5. The average molecular weight is 446 g/mol. The predicted octanol–water partition coefficient (Wildman–Crippen LogP) is 4.82. The summed E-state index contributed by atoms with van der Waals surface area (Å²) >= 11 is 0. The Morgan fingerprint density at radius 1 is 1.22 bits per heavy atom. The van der Waals surface area contributed by atoms with Crippen LogP contribution in [-0.2, 0) is 4.79 Å². The molecule has 0 atom stereocenters. The van der Waals surface area contributed by atoms with Crippen LogP contribution >= 0.6 is 0 Å². The first-order valence-corrected chi connectivity index (χ1v) is 10.2. The third-order valence-electron chi connectivity index (χ3n) is 5.53. The highest BCUT2D eigenvalue weighted by Gasteiger charge is 2.33. The van der Waals surface area contributed by atoms with E-state index in [1.54, 1.807) is 29.9 Å². The number of hydrogen-bond donors (Lipinski definition) is 1. The van der Waals surface area contributed by atoms with Crippen LogP contribution in [0, 0.1) is 12.8 Å². The Labute approximate surface area is 181 Å². The standard InChI is InChI=1S/C22H21F3N4O3/c1-13-3-2-4-17(26-13)21(31)27-19-9-15-11-29(16-7-5-14(12-30)6-8-16)28-18(15)10-20(19)32-22(23,24)25/h2-4,9-12,14,16H,5-8H2,1H3,(H,27,31). The smallest absolute Gasteiger partial charge is 0.403 e. The molecule has 0 aliphatic heterocycles. The molecule has 0 spiro atoms. The minimum atomic E-state index is -4.94. The number of aromatic nitrogens is 3. The number of pyridine rings is 1. The monoisotopic (exact) mass is 446 g/mol. The summed E-state index contributed by atoms with van der Waals surface area (Å²) in [6.07, 6.45) is 0.769. The molecule has 4 rings (SSSR count).